The van der Waals surface area contributed by atoms with Crippen LogP contribution in [-0.2, 0) is 4.74 Å². The number of para-hydroxylation sites is 2. The van der Waals surface area contributed by atoms with E-state index in [0.29, 0.717) is 12.1 Å². The summed E-state index contributed by atoms with van der Waals surface area (Å²) in [5.41, 5.74) is 7.66. The van der Waals surface area contributed by atoms with E-state index in [-0.39, 0.29) is 0 Å². The molecule has 3 N–H and O–H groups in total. The van der Waals surface area contributed by atoms with E-state index in [2.05, 4.69) is 12.2 Å². The van der Waals surface area contributed by atoms with Gasteiger partial charge in [-0.05, 0) is 31.9 Å². The lowest BCUT2D eigenvalue weighted by molar-refractivity contribution is 0.0997. The van der Waals surface area contributed by atoms with Crippen molar-refractivity contribution in [2.24, 2.45) is 0 Å². The van der Waals surface area contributed by atoms with E-state index in [4.69, 9.17) is 10.5 Å². The molecule has 1 aliphatic rings. The first-order valence-corrected chi connectivity index (χ1v) is 5.50. The molecule has 3 heteroatoms. The molecule has 2 rings (SSSR count). The number of benzene rings is 1. The summed E-state index contributed by atoms with van der Waals surface area (Å²) in [5.74, 6) is 0. The molecule has 0 bridgehead atoms. The highest BCUT2D eigenvalue weighted by molar-refractivity contribution is 5.65. The Balaban J connectivity index is 1.99. The van der Waals surface area contributed by atoms with Crippen LogP contribution in [0.2, 0.25) is 0 Å². The van der Waals surface area contributed by atoms with Crippen molar-refractivity contribution in [1.29, 1.82) is 0 Å². The largest absolute Gasteiger partial charge is 0.397 e. The Morgan fingerprint density at radius 3 is 2.93 bits per heavy atom. The second kappa shape index (κ2) is 4.53. The molecule has 0 amide bonds. The van der Waals surface area contributed by atoms with Gasteiger partial charge in [0.2, 0.25) is 0 Å². The molecule has 1 aliphatic heterocycles. The minimum absolute atomic E-state index is 0.317. The molecule has 15 heavy (non-hydrogen) atoms. The van der Waals surface area contributed by atoms with Crippen molar-refractivity contribution in [3.8, 4) is 0 Å². The highest BCUT2D eigenvalue weighted by Crippen LogP contribution is 2.22. The molecular formula is C12H18N2O. The summed E-state index contributed by atoms with van der Waals surface area (Å²) >= 11 is 0. The lowest BCUT2D eigenvalue weighted by Gasteiger charge is -2.21. The van der Waals surface area contributed by atoms with Crippen molar-refractivity contribution >= 4 is 11.4 Å². The van der Waals surface area contributed by atoms with Crippen LogP contribution < -0.4 is 11.1 Å². The zero-order valence-electron chi connectivity index (χ0n) is 9.07. The van der Waals surface area contributed by atoms with Crippen molar-refractivity contribution < 1.29 is 4.74 Å². The molecule has 2 atom stereocenters. The van der Waals surface area contributed by atoms with Gasteiger partial charge >= 0.3 is 0 Å². The van der Waals surface area contributed by atoms with Crippen molar-refractivity contribution in [1.82, 2.24) is 0 Å². The average molecular weight is 206 g/mol. The Hall–Kier alpha value is -1.22. The number of hydrogen-bond acceptors (Lipinski definition) is 3. The summed E-state index contributed by atoms with van der Waals surface area (Å²) in [6.07, 6.45) is 2.63. The molecule has 1 heterocycles. The number of hydrogen-bond donors (Lipinski definition) is 2. The number of nitrogens with one attached hydrogen (secondary N) is 1. The second-order valence-electron chi connectivity index (χ2n) is 4.07. The molecule has 82 valence electrons. The van der Waals surface area contributed by atoms with Gasteiger partial charge < -0.3 is 15.8 Å². The minimum atomic E-state index is 0.317. The first-order valence-electron chi connectivity index (χ1n) is 5.50. The molecule has 1 aromatic carbocycles. The van der Waals surface area contributed by atoms with Gasteiger partial charge in [0.15, 0.2) is 0 Å². The Morgan fingerprint density at radius 1 is 1.47 bits per heavy atom. The van der Waals surface area contributed by atoms with Gasteiger partial charge in [-0.15, -0.1) is 0 Å². The predicted octanol–water partition coefficient (Wildman–Crippen LogP) is 2.25. The van der Waals surface area contributed by atoms with Gasteiger partial charge in [-0.2, -0.15) is 0 Å². The van der Waals surface area contributed by atoms with Gasteiger partial charge in [-0.3, -0.25) is 0 Å². The molecular weight excluding hydrogens is 188 g/mol. The standard InChI is InChI=1S/C12H18N2O/c1-9(12-7-4-8-15-12)14-11-6-3-2-5-10(11)13/h2-3,5-6,9,12,14H,4,7-8,13H2,1H3. The summed E-state index contributed by atoms with van der Waals surface area (Å²) in [5, 5.41) is 3.40. The van der Waals surface area contributed by atoms with Crippen LogP contribution in [0.15, 0.2) is 24.3 Å². The van der Waals surface area contributed by atoms with Gasteiger partial charge in [-0.25, -0.2) is 0 Å². The Kier molecular flexibility index (Phi) is 3.11. The van der Waals surface area contributed by atoms with Crippen LogP contribution in [0.4, 0.5) is 11.4 Å². The summed E-state index contributed by atoms with van der Waals surface area (Å²) in [6.45, 7) is 3.03. The molecule has 2 unspecified atom stereocenters. The fourth-order valence-corrected chi connectivity index (χ4v) is 1.96. The Morgan fingerprint density at radius 2 is 2.27 bits per heavy atom. The van der Waals surface area contributed by atoms with Gasteiger partial charge in [-0.1, -0.05) is 12.1 Å². The van der Waals surface area contributed by atoms with E-state index in [1.807, 2.05) is 24.3 Å². The average Bonchev–Trinajstić information content (AvgIpc) is 2.74. The van der Waals surface area contributed by atoms with Crippen LogP contribution in [0.5, 0.6) is 0 Å². The van der Waals surface area contributed by atoms with Gasteiger partial charge in [0.1, 0.15) is 0 Å². The highest BCUT2D eigenvalue weighted by atomic mass is 16.5. The maximum Gasteiger partial charge on any atom is 0.0774 e. The zero-order valence-corrected chi connectivity index (χ0v) is 9.07. The second-order valence-corrected chi connectivity index (χ2v) is 4.07. The molecule has 0 aliphatic carbocycles. The van der Waals surface area contributed by atoms with E-state index in [1.54, 1.807) is 0 Å². The molecule has 1 fully saturated rings. The van der Waals surface area contributed by atoms with Crippen LogP contribution in [0.25, 0.3) is 0 Å². The number of rotatable bonds is 3. The number of nitrogens with two attached hydrogens (primary N) is 1. The number of nitrogen functional groups attached to an aromatic ring is 1. The monoisotopic (exact) mass is 206 g/mol. The maximum atomic E-state index is 5.86. The van der Waals surface area contributed by atoms with Crippen molar-refractivity contribution in [2.45, 2.75) is 31.9 Å². The van der Waals surface area contributed by atoms with Crippen LogP contribution >= 0.6 is 0 Å². The van der Waals surface area contributed by atoms with Crippen LogP contribution in [-0.4, -0.2) is 18.8 Å². The van der Waals surface area contributed by atoms with E-state index in [0.717, 1.165) is 24.4 Å². The Labute approximate surface area is 90.6 Å². The molecule has 0 saturated carbocycles. The van der Waals surface area contributed by atoms with Crippen molar-refractivity contribution in [2.75, 3.05) is 17.7 Å². The van der Waals surface area contributed by atoms with E-state index in [9.17, 15) is 0 Å². The summed E-state index contributed by atoms with van der Waals surface area (Å²) in [7, 11) is 0. The number of anilines is 2. The third kappa shape index (κ3) is 2.42. The van der Waals surface area contributed by atoms with Crippen molar-refractivity contribution in [3.05, 3.63) is 24.3 Å². The van der Waals surface area contributed by atoms with Gasteiger partial charge in [0, 0.05) is 12.6 Å². The molecule has 3 nitrogen and oxygen atoms in total. The smallest absolute Gasteiger partial charge is 0.0774 e. The summed E-state index contributed by atoms with van der Waals surface area (Å²) in [4.78, 5) is 0. The molecule has 1 aromatic rings. The molecule has 0 spiro atoms. The van der Waals surface area contributed by atoms with E-state index in [1.165, 1.54) is 6.42 Å². The number of ether oxygens (including phenoxy) is 1. The van der Waals surface area contributed by atoms with Gasteiger partial charge in [0.25, 0.3) is 0 Å². The van der Waals surface area contributed by atoms with Crippen LogP contribution in [0, 0.1) is 0 Å². The third-order valence-corrected chi connectivity index (χ3v) is 2.87. The summed E-state index contributed by atoms with van der Waals surface area (Å²) in [6, 6.07) is 8.15. The predicted molar refractivity (Wildman–Crippen MR) is 62.9 cm³/mol. The van der Waals surface area contributed by atoms with E-state index < -0.39 is 0 Å². The van der Waals surface area contributed by atoms with Crippen LogP contribution in [0.1, 0.15) is 19.8 Å². The molecule has 0 aromatic heterocycles. The fraction of sp³-hybridized carbons (Fsp3) is 0.500. The van der Waals surface area contributed by atoms with Crippen LogP contribution in [0.3, 0.4) is 0 Å². The maximum absolute atomic E-state index is 5.86. The van der Waals surface area contributed by atoms with E-state index >= 15 is 0 Å². The third-order valence-electron chi connectivity index (χ3n) is 2.87. The SMILES string of the molecule is CC(Nc1ccccc1N)C1CCCO1. The van der Waals surface area contributed by atoms with Crippen molar-refractivity contribution in [3.63, 3.8) is 0 Å². The lowest BCUT2D eigenvalue weighted by atomic mass is 10.1. The highest BCUT2D eigenvalue weighted by Gasteiger charge is 2.22. The minimum Gasteiger partial charge on any atom is -0.397 e. The lowest BCUT2D eigenvalue weighted by Crippen LogP contribution is -2.30. The molecule has 1 saturated heterocycles. The topological polar surface area (TPSA) is 47.3 Å². The quantitative estimate of drug-likeness (QED) is 0.746. The normalized spacial score (nSPS) is 22.6. The Bertz CT molecular complexity index is 321. The first kappa shape index (κ1) is 10.3. The zero-order chi connectivity index (χ0) is 10.7. The fourth-order valence-electron chi connectivity index (χ4n) is 1.96. The summed E-state index contributed by atoms with van der Waals surface area (Å²) < 4.78 is 5.62. The first-order chi connectivity index (χ1) is 7.27. The van der Waals surface area contributed by atoms with Gasteiger partial charge in [0.05, 0.1) is 17.5 Å². The molecule has 0 radical (unpaired) electrons.